The van der Waals surface area contributed by atoms with Crippen molar-refractivity contribution in [3.05, 3.63) is 71.3 Å². The lowest BCUT2D eigenvalue weighted by atomic mass is 9.94. The van der Waals surface area contributed by atoms with Gasteiger partial charge in [0.15, 0.2) is 0 Å². The molecule has 0 heteroatoms. The Hall–Kier alpha value is -2.34. The van der Waals surface area contributed by atoms with Crippen LogP contribution >= 0.6 is 0 Å². The summed E-state index contributed by atoms with van der Waals surface area (Å²) in [5.41, 5.74) is 4.37. The summed E-state index contributed by atoms with van der Waals surface area (Å²) in [5, 5.41) is 8.56. The molecule has 4 aromatic rings. The summed E-state index contributed by atoms with van der Waals surface area (Å²) in [5.74, 6) is 0. The first kappa shape index (κ1) is 10.4. The molecule has 0 nitrogen and oxygen atoms in total. The average Bonchev–Trinajstić information content (AvgIpc) is 2.84. The minimum atomic E-state index is 1.08. The maximum absolute atomic E-state index is 2.38. The molecule has 0 unspecified atom stereocenters. The number of benzene rings is 4. The van der Waals surface area contributed by atoms with Crippen LogP contribution in [0.25, 0.3) is 32.3 Å². The van der Waals surface area contributed by atoms with Crippen LogP contribution in [0.1, 0.15) is 16.7 Å². The summed E-state index contributed by atoms with van der Waals surface area (Å²) in [4.78, 5) is 0. The monoisotopic (exact) mass is 254 g/mol. The molecule has 0 atom stereocenters. The highest BCUT2D eigenvalue weighted by Gasteiger charge is 2.19. The van der Waals surface area contributed by atoms with E-state index in [-0.39, 0.29) is 0 Å². The zero-order chi connectivity index (χ0) is 13.3. The summed E-state index contributed by atoms with van der Waals surface area (Å²) in [6, 6.07) is 20.3. The van der Waals surface area contributed by atoms with Crippen molar-refractivity contribution in [2.45, 2.75) is 13.3 Å². The van der Waals surface area contributed by atoms with Crippen molar-refractivity contribution in [2.75, 3.05) is 0 Å². The fourth-order valence-electron chi connectivity index (χ4n) is 3.89. The maximum Gasteiger partial charge on any atom is -0.00128 e. The standard InChI is InChI=1S/C20H14/c1-12-9-18-17-7-3-2-5-13(17)10-15-11-14-6-4-8-16(12)19(14)20(15)18/h2-10H,11H2,1H3. The second kappa shape index (κ2) is 3.40. The molecular weight excluding hydrogens is 240 g/mol. The van der Waals surface area contributed by atoms with Gasteiger partial charge < -0.3 is 0 Å². The first-order valence-corrected chi connectivity index (χ1v) is 7.18. The van der Waals surface area contributed by atoms with Crippen LogP contribution in [0.5, 0.6) is 0 Å². The van der Waals surface area contributed by atoms with Gasteiger partial charge >= 0.3 is 0 Å². The zero-order valence-corrected chi connectivity index (χ0v) is 11.4. The van der Waals surface area contributed by atoms with Gasteiger partial charge in [0.1, 0.15) is 0 Å². The third-order valence-corrected chi connectivity index (χ3v) is 4.74. The molecule has 0 fully saturated rings. The van der Waals surface area contributed by atoms with E-state index in [1.807, 2.05) is 0 Å². The number of hydrogen-bond donors (Lipinski definition) is 0. The fraction of sp³-hybridized carbons (Fsp3) is 0.100. The summed E-state index contributed by atoms with van der Waals surface area (Å²) < 4.78 is 0. The SMILES string of the molecule is Cc1cc2c3ccccc3cc3c2c2c(cccc12)C3. The summed E-state index contributed by atoms with van der Waals surface area (Å²) in [7, 11) is 0. The molecule has 0 radical (unpaired) electrons. The van der Waals surface area contributed by atoms with Gasteiger partial charge in [-0.05, 0) is 62.4 Å². The predicted molar refractivity (Wildman–Crippen MR) is 86.5 cm³/mol. The van der Waals surface area contributed by atoms with Crippen LogP contribution in [-0.4, -0.2) is 0 Å². The molecule has 0 spiro atoms. The molecule has 5 rings (SSSR count). The lowest BCUT2D eigenvalue weighted by Gasteiger charge is -2.09. The molecule has 0 heterocycles. The second-order valence-corrected chi connectivity index (χ2v) is 5.89. The molecule has 0 saturated heterocycles. The van der Waals surface area contributed by atoms with Crippen molar-refractivity contribution < 1.29 is 0 Å². The van der Waals surface area contributed by atoms with Gasteiger partial charge in [0, 0.05) is 0 Å². The van der Waals surface area contributed by atoms with Crippen LogP contribution in [-0.2, 0) is 6.42 Å². The number of fused-ring (bicyclic) bond motifs is 2. The van der Waals surface area contributed by atoms with E-state index in [0.29, 0.717) is 0 Å². The smallest absolute Gasteiger partial charge is 0.00128 e. The molecule has 1 aliphatic rings. The summed E-state index contributed by atoms with van der Waals surface area (Å²) >= 11 is 0. The second-order valence-electron chi connectivity index (χ2n) is 5.89. The molecular formula is C20H14. The van der Waals surface area contributed by atoms with Crippen LogP contribution in [0.4, 0.5) is 0 Å². The maximum atomic E-state index is 2.38. The normalized spacial score (nSPS) is 13.1. The van der Waals surface area contributed by atoms with Crippen molar-refractivity contribution in [3.8, 4) is 0 Å². The third-order valence-electron chi connectivity index (χ3n) is 4.74. The molecule has 0 saturated carbocycles. The van der Waals surface area contributed by atoms with E-state index in [1.165, 1.54) is 49.0 Å². The molecule has 0 bridgehead atoms. The van der Waals surface area contributed by atoms with Crippen molar-refractivity contribution >= 4 is 32.3 Å². The lowest BCUT2D eigenvalue weighted by Crippen LogP contribution is -1.84. The highest BCUT2D eigenvalue weighted by atomic mass is 14.2. The van der Waals surface area contributed by atoms with Crippen molar-refractivity contribution in [3.63, 3.8) is 0 Å². The minimum Gasteiger partial charge on any atom is -0.0616 e. The Morgan fingerprint density at radius 1 is 0.700 bits per heavy atom. The van der Waals surface area contributed by atoms with Crippen LogP contribution in [0.2, 0.25) is 0 Å². The summed E-state index contributed by atoms with van der Waals surface area (Å²) in [6.45, 7) is 2.23. The molecule has 0 aromatic heterocycles. The molecule has 0 aliphatic heterocycles. The molecule has 4 aromatic carbocycles. The van der Waals surface area contributed by atoms with E-state index >= 15 is 0 Å². The lowest BCUT2D eigenvalue weighted by molar-refractivity contribution is 1.28. The van der Waals surface area contributed by atoms with Crippen LogP contribution in [0.15, 0.2) is 54.6 Å². The Labute approximate surface area is 117 Å². The van der Waals surface area contributed by atoms with Gasteiger partial charge in [-0.25, -0.2) is 0 Å². The van der Waals surface area contributed by atoms with E-state index in [4.69, 9.17) is 0 Å². The molecule has 1 aliphatic carbocycles. The van der Waals surface area contributed by atoms with E-state index < -0.39 is 0 Å². The van der Waals surface area contributed by atoms with Gasteiger partial charge in [-0.15, -0.1) is 0 Å². The molecule has 94 valence electrons. The van der Waals surface area contributed by atoms with Crippen LogP contribution in [0, 0.1) is 6.92 Å². The Bertz CT molecular complexity index is 1020. The quantitative estimate of drug-likeness (QED) is 0.326. The van der Waals surface area contributed by atoms with Gasteiger partial charge in [-0.3, -0.25) is 0 Å². The molecule has 0 amide bonds. The van der Waals surface area contributed by atoms with E-state index in [0.717, 1.165) is 6.42 Å². The van der Waals surface area contributed by atoms with Crippen LogP contribution < -0.4 is 0 Å². The largest absolute Gasteiger partial charge is 0.0616 e. The topological polar surface area (TPSA) is 0 Å². The van der Waals surface area contributed by atoms with Gasteiger partial charge in [0.2, 0.25) is 0 Å². The Morgan fingerprint density at radius 3 is 2.45 bits per heavy atom. The van der Waals surface area contributed by atoms with E-state index in [1.54, 1.807) is 0 Å². The van der Waals surface area contributed by atoms with Crippen molar-refractivity contribution in [2.24, 2.45) is 0 Å². The number of rotatable bonds is 0. The van der Waals surface area contributed by atoms with E-state index in [2.05, 4.69) is 61.5 Å². The van der Waals surface area contributed by atoms with Gasteiger partial charge in [-0.2, -0.15) is 0 Å². The fourth-order valence-corrected chi connectivity index (χ4v) is 3.89. The van der Waals surface area contributed by atoms with Crippen molar-refractivity contribution in [1.82, 2.24) is 0 Å². The Balaban J connectivity index is 2.18. The third kappa shape index (κ3) is 1.13. The number of aryl methyl sites for hydroxylation is 1. The predicted octanol–water partition coefficient (Wildman–Crippen LogP) is 5.36. The first-order chi connectivity index (χ1) is 9.83. The van der Waals surface area contributed by atoms with Gasteiger partial charge in [0.05, 0.1) is 0 Å². The van der Waals surface area contributed by atoms with E-state index in [9.17, 15) is 0 Å². The Kier molecular flexibility index (Phi) is 1.78. The minimum absolute atomic E-state index is 1.08. The van der Waals surface area contributed by atoms with Gasteiger partial charge in [0.25, 0.3) is 0 Å². The Morgan fingerprint density at radius 2 is 1.50 bits per heavy atom. The first-order valence-electron chi connectivity index (χ1n) is 7.18. The highest BCUT2D eigenvalue weighted by Crippen LogP contribution is 2.42. The van der Waals surface area contributed by atoms with Gasteiger partial charge in [-0.1, -0.05) is 54.6 Å². The van der Waals surface area contributed by atoms with Crippen LogP contribution in [0.3, 0.4) is 0 Å². The molecule has 0 N–H and O–H groups in total. The molecule has 20 heavy (non-hydrogen) atoms. The number of hydrogen-bond acceptors (Lipinski definition) is 0. The highest BCUT2D eigenvalue weighted by molar-refractivity contribution is 6.22. The zero-order valence-electron chi connectivity index (χ0n) is 11.4. The average molecular weight is 254 g/mol. The van der Waals surface area contributed by atoms with Crippen molar-refractivity contribution in [1.29, 1.82) is 0 Å². The summed E-state index contributed by atoms with van der Waals surface area (Å²) in [6.07, 6.45) is 1.08.